The van der Waals surface area contributed by atoms with Crippen LogP contribution in [-0.4, -0.2) is 73.3 Å². The van der Waals surface area contributed by atoms with E-state index in [0.29, 0.717) is 42.9 Å². The van der Waals surface area contributed by atoms with Crippen LogP contribution in [0, 0.1) is 0 Å². The lowest BCUT2D eigenvalue weighted by molar-refractivity contribution is -0.170. The summed E-state index contributed by atoms with van der Waals surface area (Å²) in [7, 11) is 1.75. The number of pyridine rings is 2. The van der Waals surface area contributed by atoms with E-state index in [2.05, 4.69) is 27.9 Å². The molecule has 198 valence electrons. The Balaban J connectivity index is 1.33. The van der Waals surface area contributed by atoms with E-state index >= 15 is 0 Å². The Bertz CT molecular complexity index is 974. The van der Waals surface area contributed by atoms with Crippen molar-refractivity contribution in [2.45, 2.75) is 76.3 Å². The van der Waals surface area contributed by atoms with Crippen LogP contribution in [-0.2, 0) is 14.2 Å². The Kier molecular flexibility index (Phi) is 9.41. The second-order valence-electron chi connectivity index (χ2n) is 10.6. The van der Waals surface area contributed by atoms with Gasteiger partial charge in [-0.15, -0.1) is 0 Å². The minimum Gasteiger partial charge on any atom is -0.383 e. The molecule has 0 spiro atoms. The summed E-state index contributed by atoms with van der Waals surface area (Å²) in [4.78, 5) is 9.32. The zero-order valence-corrected chi connectivity index (χ0v) is 22.6. The molecule has 1 unspecified atom stereocenters. The highest BCUT2D eigenvalue weighted by Gasteiger charge is 2.28. The molecule has 0 amide bonds. The van der Waals surface area contributed by atoms with Gasteiger partial charge in [-0.1, -0.05) is 17.7 Å². The molecule has 8 nitrogen and oxygen atoms in total. The van der Waals surface area contributed by atoms with Gasteiger partial charge >= 0.3 is 0 Å². The number of nitrogens with zero attached hydrogens (tertiary/aromatic N) is 2. The van der Waals surface area contributed by atoms with E-state index in [-0.39, 0.29) is 11.7 Å². The number of hydrogen-bond acceptors (Lipinski definition) is 8. The molecule has 2 fully saturated rings. The van der Waals surface area contributed by atoms with E-state index in [1.807, 2.05) is 38.1 Å². The van der Waals surface area contributed by atoms with Crippen LogP contribution in [0.15, 0.2) is 30.5 Å². The fraction of sp³-hybridized carbons (Fsp3) is 0.630. The average molecular weight is 518 g/mol. The van der Waals surface area contributed by atoms with E-state index in [1.54, 1.807) is 13.3 Å². The van der Waals surface area contributed by atoms with Crippen LogP contribution in [0.2, 0.25) is 5.02 Å². The molecule has 3 N–H and O–H groups in total. The predicted molar refractivity (Wildman–Crippen MR) is 145 cm³/mol. The highest BCUT2D eigenvalue weighted by Crippen LogP contribution is 2.30. The van der Waals surface area contributed by atoms with Crippen LogP contribution in [0.5, 0.6) is 0 Å². The standard InChI is InChI=1S/C27H40ClN5O3/c1-18(15-34-4)31-19-8-10-20(11-9-19)32-26-12-22(23(28)14-30-26)24-6-5-7-25(33-24)29-13-21-16-36-27(2,3)17-35-21/h5-7,12,14,18-21,31H,8-11,13,15-17H2,1-4H3,(H,29,33)(H,30,32)/t18-,19?,20?,21?/m1/s1. The van der Waals surface area contributed by atoms with Crippen molar-refractivity contribution in [2.75, 3.05) is 44.1 Å². The van der Waals surface area contributed by atoms with Gasteiger partial charge in [0.15, 0.2) is 0 Å². The average Bonchev–Trinajstić information content (AvgIpc) is 2.86. The van der Waals surface area contributed by atoms with Crippen molar-refractivity contribution in [3.63, 3.8) is 0 Å². The molecule has 9 heteroatoms. The van der Waals surface area contributed by atoms with E-state index < -0.39 is 0 Å². The zero-order chi connectivity index (χ0) is 25.5. The highest BCUT2D eigenvalue weighted by molar-refractivity contribution is 6.33. The minimum absolute atomic E-state index is 0.00252. The Morgan fingerprint density at radius 2 is 1.94 bits per heavy atom. The number of aromatic nitrogens is 2. The molecule has 1 aliphatic carbocycles. The molecule has 2 aromatic heterocycles. The SMILES string of the molecule is COC[C@@H](C)NC1CCC(Nc2cc(-c3cccc(NCC4COC(C)(C)CO4)n3)c(Cl)cn2)CC1. The normalized spacial score (nSPS) is 24.8. The van der Waals surface area contributed by atoms with Crippen LogP contribution in [0.4, 0.5) is 11.6 Å². The summed E-state index contributed by atoms with van der Waals surface area (Å²) in [6.07, 6.45) is 6.16. The molecule has 2 aliphatic rings. The molecule has 36 heavy (non-hydrogen) atoms. The first-order valence-electron chi connectivity index (χ1n) is 13.0. The largest absolute Gasteiger partial charge is 0.383 e. The van der Waals surface area contributed by atoms with Crippen molar-refractivity contribution in [2.24, 2.45) is 0 Å². The molecule has 2 aromatic rings. The molecule has 0 bridgehead atoms. The zero-order valence-electron chi connectivity index (χ0n) is 21.9. The van der Waals surface area contributed by atoms with Crippen molar-refractivity contribution >= 4 is 23.2 Å². The Morgan fingerprint density at radius 3 is 2.67 bits per heavy atom. The summed E-state index contributed by atoms with van der Waals surface area (Å²) in [6, 6.07) is 9.21. The van der Waals surface area contributed by atoms with Gasteiger partial charge in [-0.3, -0.25) is 0 Å². The monoisotopic (exact) mass is 517 g/mol. The van der Waals surface area contributed by atoms with Crippen LogP contribution in [0.25, 0.3) is 11.3 Å². The third kappa shape index (κ3) is 7.76. The van der Waals surface area contributed by atoms with Crippen LogP contribution >= 0.6 is 11.6 Å². The second-order valence-corrected chi connectivity index (χ2v) is 11.0. The van der Waals surface area contributed by atoms with Gasteiger partial charge in [-0.2, -0.15) is 0 Å². The number of anilines is 2. The van der Waals surface area contributed by atoms with E-state index in [4.69, 9.17) is 30.8 Å². The lowest BCUT2D eigenvalue weighted by Crippen LogP contribution is -2.44. The number of ether oxygens (including phenoxy) is 3. The van der Waals surface area contributed by atoms with Gasteiger partial charge in [0, 0.05) is 43.5 Å². The topological polar surface area (TPSA) is 89.6 Å². The molecule has 0 aromatic carbocycles. The maximum Gasteiger partial charge on any atom is 0.126 e. The van der Waals surface area contributed by atoms with Gasteiger partial charge in [-0.05, 0) is 64.7 Å². The molecule has 0 radical (unpaired) electrons. The molecule has 4 rings (SSSR count). The smallest absolute Gasteiger partial charge is 0.126 e. The Labute approximate surface area is 219 Å². The van der Waals surface area contributed by atoms with Crippen molar-refractivity contribution < 1.29 is 14.2 Å². The molecular formula is C27H40ClN5O3. The van der Waals surface area contributed by atoms with Crippen molar-refractivity contribution in [3.8, 4) is 11.3 Å². The lowest BCUT2D eigenvalue weighted by Gasteiger charge is -2.35. The first-order chi connectivity index (χ1) is 17.3. The number of methoxy groups -OCH3 is 1. The van der Waals surface area contributed by atoms with E-state index in [0.717, 1.165) is 55.2 Å². The second kappa shape index (κ2) is 12.5. The Morgan fingerprint density at radius 1 is 1.17 bits per heavy atom. The number of rotatable bonds is 10. The van der Waals surface area contributed by atoms with Gasteiger partial charge in [0.25, 0.3) is 0 Å². The third-order valence-electron chi connectivity index (χ3n) is 6.73. The Hall–Kier alpha value is -1.97. The first kappa shape index (κ1) is 27.1. The highest BCUT2D eigenvalue weighted by atomic mass is 35.5. The van der Waals surface area contributed by atoms with Gasteiger partial charge in [0.1, 0.15) is 11.6 Å². The molecule has 1 saturated carbocycles. The predicted octanol–water partition coefficient (Wildman–Crippen LogP) is 4.75. The maximum atomic E-state index is 6.54. The maximum absolute atomic E-state index is 6.54. The minimum atomic E-state index is -0.225. The summed E-state index contributed by atoms with van der Waals surface area (Å²) in [5, 5.41) is 11.2. The summed E-state index contributed by atoms with van der Waals surface area (Å²) >= 11 is 6.54. The van der Waals surface area contributed by atoms with Gasteiger partial charge in [-0.25, -0.2) is 9.97 Å². The summed E-state index contributed by atoms with van der Waals surface area (Å²) in [5.41, 5.74) is 1.44. The first-order valence-corrected chi connectivity index (χ1v) is 13.3. The van der Waals surface area contributed by atoms with Crippen molar-refractivity contribution in [1.82, 2.24) is 15.3 Å². The summed E-state index contributed by atoms with van der Waals surface area (Å²) < 4.78 is 17.0. The van der Waals surface area contributed by atoms with Gasteiger partial charge < -0.3 is 30.2 Å². The summed E-state index contributed by atoms with van der Waals surface area (Å²) in [6.45, 7) is 8.76. The lowest BCUT2D eigenvalue weighted by atomic mass is 9.90. The van der Waals surface area contributed by atoms with E-state index in [1.165, 1.54) is 0 Å². The van der Waals surface area contributed by atoms with Gasteiger partial charge in [0.05, 0.1) is 42.2 Å². The van der Waals surface area contributed by atoms with Crippen LogP contribution in [0.3, 0.4) is 0 Å². The van der Waals surface area contributed by atoms with Crippen molar-refractivity contribution in [1.29, 1.82) is 0 Å². The van der Waals surface area contributed by atoms with E-state index in [9.17, 15) is 0 Å². The number of halogens is 1. The van der Waals surface area contributed by atoms with Crippen LogP contribution in [0.1, 0.15) is 46.5 Å². The third-order valence-corrected chi connectivity index (χ3v) is 7.04. The molecular weight excluding hydrogens is 478 g/mol. The van der Waals surface area contributed by atoms with Crippen LogP contribution < -0.4 is 16.0 Å². The number of nitrogens with one attached hydrogen (secondary N) is 3. The quantitative estimate of drug-likeness (QED) is 0.416. The molecule has 3 heterocycles. The molecule has 1 saturated heterocycles. The molecule has 1 aliphatic heterocycles. The fourth-order valence-electron chi connectivity index (χ4n) is 4.77. The fourth-order valence-corrected chi connectivity index (χ4v) is 4.97. The van der Waals surface area contributed by atoms with Gasteiger partial charge in [0.2, 0.25) is 0 Å². The number of hydrogen-bond donors (Lipinski definition) is 3. The summed E-state index contributed by atoms with van der Waals surface area (Å²) in [5.74, 6) is 1.60. The molecule has 2 atom stereocenters. The van der Waals surface area contributed by atoms with Crippen molar-refractivity contribution in [3.05, 3.63) is 35.5 Å².